The lowest BCUT2D eigenvalue weighted by Gasteiger charge is -2.14. The van der Waals surface area contributed by atoms with E-state index in [2.05, 4.69) is 43.5 Å². The second kappa shape index (κ2) is 2.86. The molecule has 1 unspecified atom stereocenters. The molecule has 1 N–H and O–H groups in total. The van der Waals surface area contributed by atoms with E-state index >= 15 is 0 Å². The van der Waals surface area contributed by atoms with Crippen molar-refractivity contribution in [1.29, 1.82) is 0 Å². The lowest BCUT2D eigenvalue weighted by Crippen LogP contribution is -2.25. The molecule has 0 aromatic heterocycles. The average molecular weight is 138 g/mol. The summed E-state index contributed by atoms with van der Waals surface area (Å²) in [6, 6.07) is 0.391. The molecule has 1 heterocycles. The fraction of sp³-hybridized carbons (Fsp3) is 0.625. The summed E-state index contributed by atoms with van der Waals surface area (Å²) >= 11 is 0. The molecule has 0 aromatic carbocycles. The van der Waals surface area contributed by atoms with Gasteiger partial charge in [0.1, 0.15) is 0 Å². The summed E-state index contributed by atoms with van der Waals surface area (Å²) in [4.78, 5) is 0. The van der Waals surface area contributed by atoms with Gasteiger partial charge in [-0.3, -0.25) is 0 Å². The number of hydrogen-bond donors (Lipinski definition) is 1. The van der Waals surface area contributed by atoms with Gasteiger partial charge in [0.05, 0.1) is 11.8 Å². The second-order valence-electron chi connectivity index (χ2n) is 2.97. The maximum Gasteiger partial charge on any atom is 0.0626 e. The summed E-state index contributed by atoms with van der Waals surface area (Å²) in [6.07, 6.45) is 4.22. The van der Waals surface area contributed by atoms with E-state index in [-0.39, 0.29) is 0 Å². The highest BCUT2D eigenvalue weighted by Gasteiger charge is 2.06. The van der Waals surface area contributed by atoms with Crippen LogP contribution in [0, 0.1) is 5.92 Å². The fourth-order valence-corrected chi connectivity index (χ4v) is 0.821. The molecule has 0 saturated heterocycles. The lowest BCUT2D eigenvalue weighted by molar-refractivity contribution is 0.653. The number of allylic oxidation sites excluding steroid dienone is 1. The van der Waals surface area contributed by atoms with E-state index in [1.165, 1.54) is 0 Å². The van der Waals surface area contributed by atoms with Crippen LogP contribution in [0.25, 0.3) is 0 Å². The molecule has 56 valence electrons. The number of rotatable bonds is 1. The van der Waals surface area contributed by atoms with Crippen molar-refractivity contribution >= 4 is 5.71 Å². The number of nitrogens with one attached hydrogen (secondary N) is 1. The highest BCUT2D eigenvalue weighted by Crippen LogP contribution is 2.03. The van der Waals surface area contributed by atoms with Crippen LogP contribution in [0.3, 0.4) is 0 Å². The van der Waals surface area contributed by atoms with Gasteiger partial charge in [0, 0.05) is 0 Å². The minimum Gasteiger partial charge on any atom is -0.303 e. The summed E-state index contributed by atoms with van der Waals surface area (Å²) in [7, 11) is 0. The Morgan fingerprint density at radius 2 is 2.30 bits per heavy atom. The van der Waals surface area contributed by atoms with E-state index < -0.39 is 0 Å². The van der Waals surface area contributed by atoms with Crippen LogP contribution in [0.4, 0.5) is 0 Å². The first-order valence-corrected chi connectivity index (χ1v) is 3.71. The van der Waals surface area contributed by atoms with Gasteiger partial charge in [0.2, 0.25) is 0 Å². The quantitative estimate of drug-likeness (QED) is 0.584. The smallest absolute Gasteiger partial charge is 0.0626 e. The molecule has 1 aliphatic rings. The highest BCUT2D eigenvalue weighted by atomic mass is 15.3. The van der Waals surface area contributed by atoms with Crippen LogP contribution < -0.4 is 5.43 Å². The molecule has 0 radical (unpaired) electrons. The van der Waals surface area contributed by atoms with Crippen molar-refractivity contribution in [1.82, 2.24) is 5.43 Å². The molecule has 0 saturated carbocycles. The second-order valence-corrected chi connectivity index (χ2v) is 2.97. The van der Waals surface area contributed by atoms with Gasteiger partial charge in [-0.05, 0) is 18.9 Å². The molecule has 10 heavy (non-hydrogen) atoms. The van der Waals surface area contributed by atoms with Crippen LogP contribution in [-0.4, -0.2) is 11.8 Å². The van der Waals surface area contributed by atoms with Gasteiger partial charge in [0.15, 0.2) is 0 Å². The Morgan fingerprint density at radius 3 is 2.70 bits per heavy atom. The largest absolute Gasteiger partial charge is 0.303 e. The van der Waals surface area contributed by atoms with Gasteiger partial charge in [-0.15, -0.1) is 0 Å². The Kier molecular flexibility index (Phi) is 2.10. The van der Waals surface area contributed by atoms with Crippen molar-refractivity contribution in [3.63, 3.8) is 0 Å². The molecular formula is C8H14N2. The van der Waals surface area contributed by atoms with Gasteiger partial charge in [-0.1, -0.05) is 19.9 Å². The standard InChI is InChI=1S/C8H14N2/c1-6(2)8-5-4-7(3)9-10-8/h4-7,9H,1-3H3. The van der Waals surface area contributed by atoms with Crippen LogP contribution in [-0.2, 0) is 0 Å². The lowest BCUT2D eigenvalue weighted by atomic mass is 10.1. The van der Waals surface area contributed by atoms with Crippen molar-refractivity contribution in [2.24, 2.45) is 11.0 Å². The van der Waals surface area contributed by atoms with Crippen LogP contribution >= 0.6 is 0 Å². The van der Waals surface area contributed by atoms with E-state index in [9.17, 15) is 0 Å². The zero-order valence-electron chi connectivity index (χ0n) is 6.76. The molecule has 0 amide bonds. The summed E-state index contributed by atoms with van der Waals surface area (Å²) < 4.78 is 0. The summed E-state index contributed by atoms with van der Waals surface area (Å²) in [6.45, 7) is 6.36. The van der Waals surface area contributed by atoms with E-state index in [0.717, 1.165) is 5.71 Å². The van der Waals surface area contributed by atoms with Gasteiger partial charge in [0.25, 0.3) is 0 Å². The summed E-state index contributed by atoms with van der Waals surface area (Å²) in [5.74, 6) is 0.524. The maximum absolute atomic E-state index is 4.19. The Morgan fingerprint density at radius 1 is 1.60 bits per heavy atom. The van der Waals surface area contributed by atoms with Crippen LogP contribution in [0.15, 0.2) is 17.3 Å². The first kappa shape index (κ1) is 7.32. The maximum atomic E-state index is 4.19. The molecule has 2 nitrogen and oxygen atoms in total. The van der Waals surface area contributed by atoms with E-state index in [1.807, 2.05) is 0 Å². The molecule has 0 bridgehead atoms. The SMILES string of the molecule is CC1C=CC(C(C)C)=NN1. The molecular weight excluding hydrogens is 124 g/mol. The third-order valence-electron chi connectivity index (χ3n) is 1.54. The molecule has 2 heteroatoms. The number of hydrazone groups is 1. The van der Waals surface area contributed by atoms with Crippen molar-refractivity contribution < 1.29 is 0 Å². The number of hydrogen-bond acceptors (Lipinski definition) is 2. The molecule has 0 aliphatic carbocycles. The average Bonchev–Trinajstić information content (AvgIpc) is 1.88. The molecule has 0 spiro atoms. The van der Waals surface area contributed by atoms with Crippen LogP contribution in [0.2, 0.25) is 0 Å². The Hall–Kier alpha value is -0.790. The zero-order chi connectivity index (χ0) is 7.56. The molecule has 1 aliphatic heterocycles. The summed E-state index contributed by atoms with van der Waals surface area (Å²) in [5.41, 5.74) is 4.15. The first-order valence-electron chi connectivity index (χ1n) is 3.71. The normalized spacial score (nSPS) is 24.4. The Labute approximate surface area is 62.0 Å². The van der Waals surface area contributed by atoms with Gasteiger partial charge >= 0.3 is 0 Å². The third-order valence-corrected chi connectivity index (χ3v) is 1.54. The highest BCUT2D eigenvalue weighted by molar-refractivity contribution is 5.96. The van der Waals surface area contributed by atoms with Gasteiger partial charge < -0.3 is 5.43 Å². The monoisotopic (exact) mass is 138 g/mol. The Bertz CT molecular complexity index is 168. The topological polar surface area (TPSA) is 24.4 Å². The predicted molar refractivity (Wildman–Crippen MR) is 44.0 cm³/mol. The predicted octanol–water partition coefficient (Wildman–Crippen LogP) is 1.55. The third kappa shape index (κ3) is 1.59. The molecule has 1 rings (SSSR count). The molecule has 0 fully saturated rings. The molecule has 1 atom stereocenters. The Balaban J connectivity index is 2.59. The van der Waals surface area contributed by atoms with E-state index in [0.29, 0.717) is 12.0 Å². The minimum atomic E-state index is 0.391. The first-order chi connectivity index (χ1) is 4.70. The van der Waals surface area contributed by atoms with Crippen LogP contribution in [0.5, 0.6) is 0 Å². The van der Waals surface area contributed by atoms with Crippen molar-refractivity contribution in [2.45, 2.75) is 26.8 Å². The fourth-order valence-electron chi connectivity index (χ4n) is 0.821. The van der Waals surface area contributed by atoms with Crippen molar-refractivity contribution in [3.8, 4) is 0 Å². The van der Waals surface area contributed by atoms with E-state index in [1.54, 1.807) is 0 Å². The van der Waals surface area contributed by atoms with Crippen LogP contribution in [0.1, 0.15) is 20.8 Å². The van der Waals surface area contributed by atoms with Crippen molar-refractivity contribution in [2.75, 3.05) is 0 Å². The van der Waals surface area contributed by atoms with Gasteiger partial charge in [-0.25, -0.2) is 0 Å². The van der Waals surface area contributed by atoms with E-state index in [4.69, 9.17) is 0 Å². The summed E-state index contributed by atoms with van der Waals surface area (Å²) in [5, 5.41) is 4.19. The minimum absolute atomic E-state index is 0.391. The van der Waals surface area contributed by atoms with Crippen molar-refractivity contribution in [3.05, 3.63) is 12.2 Å². The molecule has 0 aromatic rings. The zero-order valence-corrected chi connectivity index (χ0v) is 6.76. The van der Waals surface area contributed by atoms with Gasteiger partial charge in [-0.2, -0.15) is 5.10 Å². The number of nitrogens with zero attached hydrogens (tertiary/aromatic N) is 1.